The zero-order valence-electron chi connectivity index (χ0n) is 12.4. The fourth-order valence-corrected chi connectivity index (χ4v) is 3.59. The molecule has 2 fully saturated rings. The minimum absolute atomic E-state index is 0.135. The van der Waals surface area contributed by atoms with Crippen LogP contribution in [-0.4, -0.2) is 35.8 Å². The Morgan fingerprint density at radius 1 is 1.19 bits per heavy atom. The van der Waals surface area contributed by atoms with Gasteiger partial charge < -0.3 is 9.64 Å². The largest absolute Gasteiger partial charge is 0.497 e. The predicted octanol–water partition coefficient (Wildman–Crippen LogP) is 2.35. The molecule has 2 unspecified atom stereocenters. The van der Waals surface area contributed by atoms with E-state index >= 15 is 0 Å². The molecule has 0 aliphatic carbocycles. The summed E-state index contributed by atoms with van der Waals surface area (Å²) < 4.78 is 5.13. The molecule has 2 aliphatic heterocycles. The molecule has 0 N–H and O–H groups in total. The maximum absolute atomic E-state index is 12.6. The number of nitrogens with zero attached hydrogens (tertiary/aromatic N) is 1. The van der Waals surface area contributed by atoms with Gasteiger partial charge in [0.15, 0.2) is 0 Å². The van der Waals surface area contributed by atoms with E-state index in [-0.39, 0.29) is 18.0 Å². The third kappa shape index (κ3) is 2.94. The zero-order valence-corrected chi connectivity index (χ0v) is 12.4. The molecule has 2 bridgehead atoms. The van der Waals surface area contributed by atoms with Crippen molar-refractivity contribution in [1.29, 1.82) is 0 Å². The first-order valence-corrected chi connectivity index (χ1v) is 7.63. The van der Waals surface area contributed by atoms with Crippen molar-refractivity contribution < 1.29 is 14.3 Å². The van der Waals surface area contributed by atoms with Crippen LogP contribution in [0.3, 0.4) is 0 Å². The van der Waals surface area contributed by atoms with Crippen molar-refractivity contribution in [3.63, 3.8) is 0 Å². The number of ether oxygens (including phenoxy) is 1. The topological polar surface area (TPSA) is 46.6 Å². The Labute approximate surface area is 125 Å². The van der Waals surface area contributed by atoms with E-state index < -0.39 is 0 Å². The number of carbonyl (C=O) groups is 2. The Hall–Kier alpha value is -1.84. The lowest BCUT2D eigenvalue weighted by Crippen LogP contribution is -2.55. The van der Waals surface area contributed by atoms with Crippen LogP contribution < -0.4 is 4.74 Å². The SMILES string of the molecule is COc1ccc(CC(=O)N2C3CCCC2CC(=O)C3)cc1. The monoisotopic (exact) mass is 287 g/mol. The van der Waals surface area contributed by atoms with Gasteiger partial charge in [-0.1, -0.05) is 12.1 Å². The van der Waals surface area contributed by atoms with E-state index in [4.69, 9.17) is 4.74 Å². The lowest BCUT2D eigenvalue weighted by atomic mass is 9.83. The Kier molecular flexibility index (Phi) is 3.95. The quantitative estimate of drug-likeness (QED) is 0.857. The van der Waals surface area contributed by atoms with Crippen LogP contribution in [-0.2, 0) is 16.0 Å². The number of ketones is 1. The Morgan fingerprint density at radius 3 is 2.38 bits per heavy atom. The maximum atomic E-state index is 12.6. The minimum Gasteiger partial charge on any atom is -0.497 e. The highest BCUT2D eigenvalue weighted by atomic mass is 16.5. The number of fused-ring (bicyclic) bond motifs is 2. The summed E-state index contributed by atoms with van der Waals surface area (Å²) in [4.78, 5) is 26.3. The zero-order chi connectivity index (χ0) is 14.8. The normalized spacial score (nSPS) is 24.8. The third-order valence-electron chi connectivity index (χ3n) is 4.59. The van der Waals surface area contributed by atoms with E-state index in [0.29, 0.717) is 25.0 Å². The molecule has 1 aromatic rings. The smallest absolute Gasteiger partial charge is 0.227 e. The molecule has 2 heterocycles. The van der Waals surface area contributed by atoms with Crippen LogP contribution in [0.5, 0.6) is 5.75 Å². The highest BCUT2D eigenvalue weighted by Crippen LogP contribution is 2.32. The number of amides is 1. The van der Waals surface area contributed by atoms with Gasteiger partial charge in [0.05, 0.1) is 13.5 Å². The molecular weight excluding hydrogens is 266 g/mol. The molecule has 3 rings (SSSR count). The van der Waals surface area contributed by atoms with Crippen molar-refractivity contribution in [2.45, 2.75) is 50.6 Å². The summed E-state index contributed by atoms with van der Waals surface area (Å²) in [6.07, 6.45) is 4.57. The van der Waals surface area contributed by atoms with E-state index in [2.05, 4.69) is 0 Å². The number of hydrogen-bond acceptors (Lipinski definition) is 3. The number of carbonyl (C=O) groups excluding carboxylic acids is 2. The van der Waals surface area contributed by atoms with Crippen LogP contribution >= 0.6 is 0 Å². The highest BCUT2D eigenvalue weighted by Gasteiger charge is 2.39. The second kappa shape index (κ2) is 5.88. The summed E-state index contributed by atoms with van der Waals surface area (Å²) in [5, 5.41) is 0. The molecule has 4 nitrogen and oxygen atoms in total. The number of methoxy groups -OCH3 is 1. The number of benzene rings is 1. The second-order valence-corrected chi connectivity index (χ2v) is 6.01. The summed E-state index contributed by atoms with van der Waals surface area (Å²) in [7, 11) is 1.63. The molecule has 1 aromatic carbocycles. The number of piperidine rings is 2. The van der Waals surface area contributed by atoms with Crippen LogP contribution in [0.1, 0.15) is 37.7 Å². The average Bonchev–Trinajstić information content (AvgIpc) is 2.47. The van der Waals surface area contributed by atoms with Gasteiger partial charge in [0, 0.05) is 24.9 Å². The molecule has 112 valence electrons. The molecule has 4 heteroatoms. The molecular formula is C17H21NO3. The molecule has 1 amide bonds. The van der Waals surface area contributed by atoms with Gasteiger partial charge in [-0.15, -0.1) is 0 Å². The van der Waals surface area contributed by atoms with Crippen LogP contribution in [0.4, 0.5) is 0 Å². The van der Waals surface area contributed by atoms with Gasteiger partial charge in [-0.3, -0.25) is 9.59 Å². The van der Waals surface area contributed by atoms with Crippen LogP contribution in [0.25, 0.3) is 0 Å². The van der Waals surface area contributed by atoms with Gasteiger partial charge in [0.1, 0.15) is 11.5 Å². The fourth-order valence-electron chi connectivity index (χ4n) is 3.59. The molecule has 2 aliphatic rings. The van der Waals surface area contributed by atoms with Crippen LogP contribution in [0.2, 0.25) is 0 Å². The summed E-state index contributed by atoms with van der Waals surface area (Å²) in [5.41, 5.74) is 0.996. The van der Waals surface area contributed by atoms with Gasteiger partial charge in [-0.25, -0.2) is 0 Å². The van der Waals surface area contributed by atoms with Gasteiger partial charge in [0.25, 0.3) is 0 Å². The number of Topliss-reactive ketones (excluding diaryl/α,β-unsaturated/α-hetero) is 1. The Balaban J connectivity index is 1.70. The molecule has 0 radical (unpaired) electrons. The fraction of sp³-hybridized carbons (Fsp3) is 0.529. The molecule has 0 saturated carbocycles. The molecule has 0 aromatic heterocycles. The highest BCUT2D eigenvalue weighted by molar-refractivity contribution is 5.86. The van der Waals surface area contributed by atoms with E-state index in [9.17, 15) is 9.59 Å². The number of rotatable bonds is 3. The molecule has 21 heavy (non-hydrogen) atoms. The first kappa shape index (κ1) is 14.1. The van der Waals surface area contributed by atoms with Crippen molar-refractivity contribution in [2.24, 2.45) is 0 Å². The van der Waals surface area contributed by atoms with Gasteiger partial charge in [-0.2, -0.15) is 0 Å². The van der Waals surface area contributed by atoms with E-state index in [1.807, 2.05) is 29.2 Å². The van der Waals surface area contributed by atoms with E-state index in [1.165, 1.54) is 0 Å². The van der Waals surface area contributed by atoms with Crippen molar-refractivity contribution in [3.05, 3.63) is 29.8 Å². The molecule has 0 spiro atoms. The second-order valence-electron chi connectivity index (χ2n) is 6.01. The van der Waals surface area contributed by atoms with Crippen LogP contribution in [0.15, 0.2) is 24.3 Å². The van der Waals surface area contributed by atoms with Gasteiger partial charge in [0.2, 0.25) is 5.91 Å². The first-order valence-electron chi connectivity index (χ1n) is 7.63. The average molecular weight is 287 g/mol. The summed E-state index contributed by atoms with van der Waals surface area (Å²) >= 11 is 0. The third-order valence-corrected chi connectivity index (χ3v) is 4.59. The molecule has 2 atom stereocenters. The summed E-state index contributed by atoms with van der Waals surface area (Å²) in [6.45, 7) is 0. The minimum atomic E-state index is 0.135. The van der Waals surface area contributed by atoms with Gasteiger partial charge >= 0.3 is 0 Å². The van der Waals surface area contributed by atoms with Crippen molar-refractivity contribution >= 4 is 11.7 Å². The summed E-state index contributed by atoms with van der Waals surface area (Å²) in [5.74, 6) is 1.27. The Bertz CT molecular complexity index is 521. The lowest BCUT2D eigenvalue weighted by molar-refractivity contribution is -0.144. The van der Waals surface area contributed by atoms with Crippen molar-refractivity contribution in [3.8, 4) is 5.75 Å². The number of hydrogen-bond donors (Lipinski definition) is 0. The predicted molar refractivity (Wildman–Crippen MR) is 79.2 cm³/mol. The van der Waals surface area contributed by atoms with Gasteiger partial charge in [-0.05, 0) is 37.0 Å². The first-order chi connectivity index (χ1) is 10.2. The lowest BCUT2D eigenvalue weighted by Gasteiger charge is -2.45. The molecule has 2 saturated heterocycles. The van der Waals surface area contributed by atoms with E-state index in [0.717, 1.165) is 30.6 Å². The van der Waals surface area contributed by atoms with E-state index in [1.54, 1.807) is 7.11 Å². The Morgan fingerprint density at radius 2 is 1.81 bits per heavy atom. The van der Waals surface area contributed by atoms with Crippen LogP contribution in [0, 0.1) is 0 Å². The van der Waals surface area contributed by atoms with Crippen molar-refractivity contribution in [2.75, 3.05) is 7.11 Å². The maximum Gasteiger partial charge on any atom is 0.227 e. The summed E-state index contributed by atoms with van der Waals surface area (Å²) in [6, 6.07) is 7.89. The van der Waals surface area contributed by atoms with Crippen molar-refractivity contribution in [1.82, 2.24) is 4.90 Å². The standard InChI is InChI=1S/C17H21NO3/c1-21-16-7-5-12(6-8-16)9-17(20)18-13-3-2-4-14(18)11-15(19)10-13/h5-8,13-14H,2-4,9-11H2,1H3.